The number of likely N-dealkylation sites (tertiary alicyclic amines) is 1. The third-order valence-electron chi connectivity index (χ3n) is 3.86. The highest BCUT2D eigenvalue weighted by atomic mass is 16.4. The Morgan fingerprint density at radius 1 is 1.55 bits per heavy atom. The number of aliphatic carboxylic acids is 1. The van der Waals surface area contributed by atoms with E-state index in [1.807, 2.05) is 26.8 Å². The molecule has 6 heteroatoms. The number of aryl methyl sites for hydroxylation is 1. The summed E-state index contributed by atoms with van der Waals surface area (Å²) in [5, 5.41) is 13.7. The van der Waals surface area contributed by atoms with Gasteiger partial charge in [-0.2, -0.15) is 5.10 Å². The Morgan fingerprint density at radius 3 is 2.80 bits per heavy atom. The molecule has 2 atom stereocenters. The summed E-state index contributed by atoms with van der Waals surface area (Å²) < 4.78 is 1.77. The molecule has 0 aromatic carbocycles. The number of amides is 1. The van der Waals surface area contributed by atoms with Crippen molar-refractivity contribution in [2.75, 3.05) is 0 Å². The van der Waals surface area contributed by atoms with Crippen LogP contribution in [0.25, 0.3) is 0 Å². The number of piperidine rings is 1. The minimum Gasteiger partial charge on any atom is -0.481 e. The topological polar surface area (TPSA) is 75.4 Å². The second-order valence-corrected chi connectivity index (χ2v) is 5.39. The summed E-state index contributed by atoms with van der Waals surface area (Å²) in [5.41, 5.74) is 0.807. The van der Waals surface area contributed by atoms with Gasteiger partial charge in [0.15, 0.2) is 0 Å². The standard InChI is InChI=1S/C14H21N3O3/c1-4-16-11(7-8-15-16)13-10(14(19)20)5-6-12(18)17(13)9(2)3/h7-10,13H,4-6H2,1-3H3,(H,19,20). The van der Waals surface area contributed by atoms with E-state index < -0.39 is 17.9 Å². The van der Waals surface area contributed by atoms with Gasteiger partial charge in [0.05, 0.1) is 17.7 Å². The molecule has 20 heavy (non-hydrogen) atoms. The number of rotatable bonds is 4. The lowest BCUT2D eigenvalue weighted by atomic mass is 9.85. The zero-order valence-corrected chi connectivity index (χ0v) is 12.1. The van der Waals surface area contributed by atoms with Gasteiger partial charge in [-0.05, 0) is 33.3 Å². The van der Waals surface area contributed by atoms with E-state index in [9.17, 15) is 14.7 Å². The number of hydrogen-bond donors (Lipinski definition) is 1. The minimum atomic E-state index is -0.850. The van der Waals surface area contributed by atoms with E-state index >= 15 is 0 Å². The zero-order valence-electron chi connectivity index (χ0n) is 12.1. The molecule has 1 fully saturated rings. The van der Waals surface area contributed by atoms with Crippen molar-refractivity contribution in [3.63, 3.8) is 0 Å². The molecule has 1 N–H and O–H groups in total. The number of carbonyl (C=O) groups excluding carboxylic acids is 1. The summed E-state index contributed by atoms with van der Waals surface area (Å²) in [6.45, 7) is 6.45. The van der Waals surface area contributed by atoms with Gasteiger partial charge in [0.2, 0.25) is 5.91 Å². The Morgan fingerprint density at radius 2 is 2.25 bits per heavy atom. The summed E-state index contributed by atoms with van der Waals surface area (Å²) in [7, 11) is 0. The van der Waals surface area contributed by atoms with E-state index in [0.717, 1.165) is 5.69 Å². The van der Waals surface area contributed by atoms with Crippen LogP contribution >= 0.6 is 0 Å². The van der Waals surface area contributed by atoms with Crippen LogP contribution in [0.15, 0.2) is 12.3 Å². The molecule has 1 aromatic rings. The van der Waals surface area contributed by atoms with Gasteiger partial charge in [0.25, 0.3) is 0 Å². The Balaban J connectivity index is 2.48. The van der Waals surface area contributed by atoms with Crippen LogP contribution in [0.3, 0.4) is 0 Å². The van der Waals surface area contributed by atoms with Crippen molar-refractivity contribution >= 4 is 11.9 Å². The van der Waals surface area contributed by atoms with Crippen molar-refractivity contribution in [1.29, 1.82) is 0 Å². The molecular weight excluding hydrogens is 258 g/mol. The summed E-state index contributed by atoms with van der Waals surface area (Å²) in [6, 6.07) is 1.35. The fourth-order valence-corrected chi connectivity index (χ4v) is 2.99. The molecule has 2 unspecified atom stereocenters. The molecular formula is C14H21N3O3. The molecule has 0 aliphatic carbocycles. The molecule has 1 aliphatic rings. The van der Waals surface area contributed by atoms with Gasteiger partial charge in [-0.3, -0.25) is 14.3 Å². The molecule has 1 saturated heterocycles. The van der Waals surface area contributed by atoms with E-state index in [2.05, 4.69) is 5.10 Å². The normalized spacial score (nSPS) is 23.4. The van der Waals surface area contributed by atoms with Crippen LogP contribution in [0.1, 0.15) is 45.3 Å². The largest absolute Gasteiger partial charge is 0.481 e. The molecule has 0 saturated carbocycles. The van der Waals surface area contributed by atoms with Crippen molar-refractivity contribution in [2.24, 2.45) is 5.92 Å². The average Bonchev–Trinajstić information content (AvgIpc) is 2.85. The predicted molar refractivity (Wildman–Crippen MR) is 73.0 cm³/mol. The fourth-order valence-electron chi connectivity index (χ4n) is 2.99. The highest BCUT2D eigenvalue weighted by Gasteiger charge is 2.43. The average molecular weight is 279 g/mol. The molecule has 6 nitrogen and oxygen atoms in total. The van der Waals surface area contributed by atoms with Crippen LogP contribution in [0.4, 0.5) is 0 Å². The Bertz CT molecular complexity index is 510. The lowest BCUT2D eigenvalue weighted by Crippen LogP contribution is -2.49. The van der Waals surface area contributed by atoms with Crippen molar-refractivity contribution in [1.82, 2.24) is 14.7 Å². The van der Waals surface area contributed by atoms with Gasteiger partial charge in [-0.25, -0.2) is 0 Å². The smallest absolute Gasteiger partial charge is 0.309 e. The molecule has 1 aromatic heterocycles. The molecule has 2 rings (SSSR count). The minimum absolute atomic E-state index is 0.0198. The van der Waals surface area contributed by atoms with E-state index in [1.165, 1.54) is 0 Å². The summed E-state index contributed by atoms with van der Waals surface area (Å²) in [6.07, 6.45) is 2.35. The van der Waals surface area contributed by atoms with Crippen LogP contribution in [-0.2, 0) is 16.1 Å². The van der Waals surface area contributed by atoms with Crippen LogP contribution in [0, 0.1) is 5.92 Å². The molecule has 2 heterocycles. The van der Waals surface area contributed by atoms with E-state index in [1.54, 1.807) is 15.8 Å². The van der Waals surface area contributed by atoms with E-state index in [0.29, 0.717) is 19.4 Å². The number of hydrogen-bond acceptors (Lipinski definition) is 3. The highest BCUT2D eigenvalue weighted by molar-refractivity contribution is 5.81. The van der Waals surface area contributed by atoms with Crippen molar-refractivity contribution in [3.05, 3.63) is 18.0 Å². The van der Waals surface area contributed by atoms with Gasteiger partial charge >= 0.3 is 5.97 Å². The van der Waals surface area contributed by atoms with Gasteiger partial charge in [0.1, 0.15) is 0 Å². The first-order chi connectivity index (χ1) is 9.47. The number of carbonyl (C=O) groups is 2. The lowest BCUT2D eigenvalue weighted by molar-refractivity contribution is -0.153. The number of carboxylic acid groups (broad SMARTS) is 1. The van der Waals surface area contributed by atoms with Gasteiger partial charge in [0, 0.05) is 25.2 Å². The highest BCUT2D eigenvalue weighted by Crippen LogP contribution is 2.38. The van der Waals surface area contributed by atoms with E-state index in [4.69, 9.17) is 0 Å². The summed E-state index contributed by atoms with van der Waals surface area (Å²) in [4.78, 5) is 25.5. The van der Waals surface area contributed by atoms with Gasteiger partial charge in [-0.15, -0.1) is 0 Å². The number of aromatic nitrogens is 2. The quantitative estimate of drug-likeness (QED) is 0.909. The maximum absolute atomic E-state index is 12.2. The van der Waals surface area contributed by atoms with Crippen LogP contribution in [-0.4, -0.2) is 37.7 Å². The van der Waals surface area contributed by atoms with Crippen LogP contribution in [0.2, 0.25) is 0 Å². The first kappa shape index (κ1) is 14.6. The second kappa shape index (κ2) is 5.64. The van der Waals surface area contributed by atoms with Crippen LogP contribution in [0.5, 0.6) is 0 Å². The maximum Gasteiger partial charge on any atom is 0.309 e. The summed E-state index contributed by atoms with van der Waals surface area (Å²) in [5.74, 6) is -1.40. The predicted octanol–water partition coefficient (Wildman–Crippen LogP) is 1.68. The third-order valence-corrected chi connectivity index (χ3v) is 3.86. The fraction of sp³-hybridized carbons (Fsp3) is 0.643. The zero-order chi connectivity index (χ0) is 14.9. The molecule has 0 bridgehead atoms. The first-order valence-electron chi connectivity index (χ1n) is 7.03. The Kier molecular flexibility index (Phi) is 4.11. The molecule has 0 radical (unpaired) electrons. The first-order valence-corrected chi connectivity index (χ1v) is 7.03. The van der Waals surface area contributed by atoms with Crippen molar-refractivity contribution < 1.29 is 14.7 Å². The molecule has 1 aliphatic heterocycles. The van der Waals surface area contributed by atoms with Crippen molar-refractivity contribution in [2.45, 2.75) is 52.2 Å². The van der Waals surface area contributed by atoms with Gasteiger partial charge < -0.3 is 10.0 Å². The molecule has 1 amide bonds. The maximum atomic E-state index is 12.2. The number of carboxylic acids is 1. The van der Waals surface area contributed by atoms with E-state index in [-0.39, 0.29) is 11.9 Å². The lowest BCUT2D eigenvalue weighted by Gasteiger charge is -2.42. The van der Waals surface area contributed by atoms with Crippen LogP contribution < -0.4 is 0 Å². The third kappa shape index (κ3) is 2.42. The monoisotopic (exact) mass is 279 g/mol. The Labute approximate surface area is 118 Å². The molecule has 110 valence electrons. The number of nitrogens with zero attached hydrogens (tertiary/aromatic N) is 3. The molecule has 0 spiro atoms. The van der Waals surface area contributed by atoms with Gasteiger partial charge in [-0.1, -0.05) is 0 Å². The van der Waals surface area contributed by atoms with Crippen molar-refractivity contribution in [3.8, 4) is 0 Å². The SMILES string of the molecule is CCn1nccc1C1C(C(=O)O)CCC(=O)N1C(C)C. The summed E-state index contributed by atoms with van der Waals surface area (Å²) >= 11 is 0. The second-order valence-electron chi connectivity index (χ2n) is 5.39. The Hall–Kier alpha value is -1.85.